The van der Waals surface area contributed by atoms with Crippen molar-refractivity contribution in [2.75, 3.05) is 25.1 Å². The van der Waals surface area contributed by atoms with Crippen LogP contribution in [-0.2, 0) is 13.1 Å². The van der Waals surface area contributed by atoms with Gasteiger partial charge >= 0.3 is 0 Å². The fraction of sp³-hybridized carbons (Fsp3) is 0.368. The SMILES string of the molecule is COc1ccc(CNCc2c(F)cccc2N2CCCC2)cc1F. The van der Waals surface area contributed by atoms with Crippen molar-refractivity contribution in [2.24, 2.45) is 0 Å². The number of ether oxygens (including phenoxy) is 1. The van der Waals surface area contributed by atoms with E-state index in [1.54, 1.807) is 18.2 Å². The number of halogens is 2. The van der Waals surface area contributed by atoms with E-state index in [1.807, 2.05) is 6.07 Å². The second kappa shape index (κ2) is 7.62. The van der Waals surface area contributed by atoms with E-state index in [0.717, 1.165) is 37.2 Å². The Morgan fingerprint density at radius 2 is 1.83 bits per heavy atom. The van der Waals surface area contributed by atoms with Gasteiger partial charge in [-0.3, -0.25) is 0 Å². The van der Waals surface area contributed by atoms with Gasteiger partial charge < -0.3 is 15.0 Å². The number of hydrogen-bond acceptors (Lipinski definition) is 3. The lowest BCUT2D eigenvalue weighted by molar-refractivity contribution is 0.386. The normalized spacial score (nSPS) is 14.2. The molecule has 1 N–H and O–H groups in total. The van der Waals surface area contributed by atoms with Gasteiger partial charge in [0.2, 0.25) is 0 Å². The maximum absolute atomic E-state index is 14.2. The van der Waals surface area contributed by atoms with Crippen molar-refractivity contribution in [2.45, 2.75) is 25.9 Å². The van der Waals surface area contributed by atoms with Gasteiger partial charge in [0.15, 0.2) is 11.6 Å². The van der Waals surface area contributed by atoms with Crippen LogP contribution >= 0.6 is 0 Å². The average Bonchev–Trinajstić information content (AvgIpc) is 3.11. The molecule has 2 aromatic carbocycles. The first-order chi connectivity index (χ1) is 11.7. The van der Waals surface area contributed by atoms with E-state index in [-0.39, 0.29) is 17.4 Å². The molecule has 24 heavy (non-hydrogen) atoms. The van der Waals surface area contributed by atoms with E-state index < -0.39 is 0 Å². The van der Waals surface area contributed by atoms with Crippen molar-refractivity contribution in [1.29, 1.82) is 0 Å². The molecule has 2 aromatic rings. The smallest absolute Gasteiger partial charge is 0.165 e. The lowest BCUT2D eigenvalue weighted by atomic mass is 10.1. The number of rotatable bonds is 6. The van der Waals surface area contributed by atoms with Gasteiger partial charge in [-0.25, -0.2) is 8.78 Å². The summed E-state index contributed by atoms with van der Waals surface area (Å²) in [6, 6.07) is 10.1. The van der Waals surface area contributed by atoms with Crippen LogP contribution in [0.1, 0.15) is 24.0 Å². The number of anilines is 1. The third-order valence-electron chi connectivity index (χ3n) is 4.39. The van der Waals surface area contributed by atoms with Crippen LogP contribution in [-0.4, -0.2) is 20.2 Å². The van der Waals surface area contributed by atoms with Gasteiger partial charge in [0, 0.05) is 37.4 Å². The zero-order valence-electron chi connectivity index (χ0n) is 13.8. The molecule has 1 aliphatic rings. The van der Waals surface area contributed by atoms with Crippen molar-refractivity contribution in [3.05, 3.63) is 59.2 Å². The van der Waals surface area contributed by atoms with E-state index in [9.17, 15) is 8.78 Å². The van der Waals surface area contributed by atoms with Crippen molar-refractivity contribution in [1.82, 2.24) is 5.32 Å². The predicted molar refractivity (Wildman–Crippen MR) is 91.3 cm³/mol. The van der Waals surface area contributed by atoms with E-state index in [2.05, 4.69) is 10.2 Å². The fourth-order valence-electron chi connectivity index (χ4n) is 3.13. The minimum Gasteiger partial charge on any atom is -0.494 e. The lowest BCUT2D eigenvalue weighted by Gasteiger charge is -2.22. The van der Waals surface area contributed by atoms with E-state index >= 15 is 0 Å². The Morgan fingerprint density at radius 3 is 2.54 bits per heavy atom. The molecular weight excluding hydrogens is 310 g/mol. The Bertz CT molecular complexity index is 700. The minimum atomic E-state index is -0.388. The molecule has 0 unspecified atom stereocenters. The van der Waals surface area contributed by atoms with E-state index in [0.29, 0.717) is 18.7 Å². The van der Waals surface area contributed by atoms with Crippen molar-refractivity contribution < 1.29 is 13.5 Å². The van der Waals surface area contributed by atoms with Gasteiger partial charge in [0.05, 0.1) is 7.11 Å². The summed E-state index contributed by atoms with van der Waals surface area (Å²) >= 11 is 0. The molecule has 1 saturated heterocycles. The summed E-state index contributed by atoms with van der Waals surface area (Å²) in [7, 11) is 1.44. The lowest BCUT2D eigenvalue weighted by Crippen LogP contribution is -2.22. The molecule has 0 amide bonds. The Hall–Kier alpha value is -2.14. The van der Waals surface area contributed by atoms with Gasteiger partial charge in [-0.05, 0) is 42.7 Å². The van der Waals surface area contributed by atoms with Crippen molar-refractivity contribution in [3.8, 4) is 5.75 Å². The van der Waals surface area contributed by atoms with Crippen LogP contribution in [0.3, 0.4) is 0 Å². The molecule has 5 heteroatoms. The molecule has 0 aliphatic carbocycles. The molecule has 0 saturated carbocycles. The largest absolute Gasteiger partial charge is 0.494 e. The van der Waals surface area contributed by atoms with Crippen LogP contribution in [0.15, 0.2) is 36.4 Å². The Kier molecular flexibility index (Phi) is 5.30. The highest BCUT2D eigenvalue weighted by atomic mass is 19.1. The average molecular weight is 332 g/mol. The molecule has 128 valence electrons. The molecule has 0 atom stereocenters. The van der Waals surface area contributed by atoms with E-state index in [1.165, 1.54) is 19.2 Å². The van der Waals surface area contributed by atoms with Crippen LogP contribution in [0, 0.1) is 11.6 Å². The van der Waals surface area contributed by atoms with Crippen LogP contribution < -0.4 is 15.0 Å². The zero-order valence-corrected chi connectivity index (χ0v) is 13.8. The number of methoxy groups -OCH3 is 1. The Labute approximate surface area is 141 Å². The summed E-state index contributed by atoms with van der Waals surface area (Å²) < 4.78 is 32.9. The topological polar surface area (TPSA) is 24.5 Å². The molecule has 3 nitrogen and oxygen atoms in total. The molecule has 0 aromatic heterocycles. The minimum absolute atomic E-state index is 0.201. The van der Waals surface area contributed by atoms with Gasteiger partial charge in [0.1, 0.15) is 5.82 Å². The number of hydrogen-bond donors (Lipinski definition) is 1. The van der Waals surface area contributed by atoms with Gasteiger partial charge in [-0.2, -0.15) is 0 Å². The van der Waals surface area contributed by atoms with E-state index in [4.69, 9.17) is 4.74 Å². The van der Waals surface area contributed by atoms with Crippen LogP contribution in [0.2, 0.25) is 0 Å². The first kappa shape index (κ1) is 16.7. The third kappa shape index (κ3) is 3.67. The first-order valence-corrected chi connectivity index (χ1v) is 8.24. The molecule has 1 aliphatic heterocycles. The first-order valence-electron chi connectivity index (χ1n) is 8.24. The number of nitrogens with one attached hydrogen (secondary N) is 1. The monoisotopic (exact) mass is 332 g/mol. The van der Waals surface area contributed by atoms with Gasteiger partial charge in [0.25, 0.3) is 0 Å². The van der Waals surface area contributed by atoms with Crippen LogP contribution in [0.25, 0.3) is 0 Å². The van der Waals surface area contributed by atoms with Crippen molar-refractivity contribution in [3.63, 3.8) is 0 Å². The fourth-order valence-corrected chi connectivity index (χ4v) is 3.13. The molecular formula is C19H22F2N2O. The Balaban J connectivity index is 1.67. The summed E-state index contributed by atoms with van der Waals surface area (Å²) in [4.78, 5) is 2.23. The number of nitrogens with zero attached hydrogens (tertiary/aromatic N) is 1. The maximum atomic E-state index is 14.2. The summed E-state index contributed by atoms with van der Waals surface area (Å²) in [5, 5.41) is 3.21. The highest BCUT2D eigenvalue weighted by Gasteiger charge is 2.17. The summed E-state index contributed by atoms with van der Waals surface area (Å²) in [6.45, 7) is 2.82. The highest BCUT2D eigenvalue weighted by molar-refractivity contribution is 5.54. The predicted octanol–water partition coefficient (Wildman–Crippen LogP) is 3.86. The summed E-state index contributed by atoms with van der Waals surface area (Å²) in [5.41, 5.74) is 2.43. The molecule has 3 rings (SSSR count). The molecule has 0 bridgehead atoms. The highest BCUT2D eigenvalue weighted by Crippen LogP contribution is 2.26. The van der Waals surface area contributed by atoms with Gasteiger partial charge in [-0.15, -0.1) is 0 Å². The molecule has 0 spiro atoms. The second-order valence-electron chi connectivity index (χ2n) is 6.00. The molecule has 1 fully saturated rings. The van der Waals surface area contributed by atoms with Crippen LogP contribution in [0.4, 0.5) is 14.5 Å². The number of benzene rings is 2. The molecule has 0 radical (unpaired) electrons. The standard InChI is InChI=1S/C19H22F2N2O/c1-24-19-8-7-14(11-17(19)21)12-22-13-15-16(20)5-4-6-18(15)23-9-2-3-10-23/h4-8,11,22H,2-3,9-10,12-13H2,1H3. The third-order valence-corrected chi connectivity index (χ3v) is 4.39. The molecule has 1 heterocycles. The van der Waals surface area contributed by atoms with Crippen molar-refractivity contribution >= 4 is 5.69 Å². The van der Waals surface area contributed by atoms with Crippen LogP contribution in [0.5, 0.6) is 5.75 Å². The quantitative estimate of drug-likeness (QED) is 0.869. The maximum Gasteiger partial charge on any atom is 0.165 e. The van der Waals surface area contributed by atoms with Gasteiger partial charge in [-0.1, -0.05) is 12.1 Å². The summed E-state index contributed by atoms with van der Waals surface area (Å²) in [6.07, 6.45) is 2.29. The zero-order chi connectivity index (χ0) is 16.9. The second-order valence-corrected chi connectivity index (χ2v) is 6.00. The summed E-state index contributed by atoms with van der Waals surface area (Å²) in [5.74, 6) is -0.363. The Morgan fingerprint density at radius 1 is 1.04 bits per heavy atom.